The molecule has 0 N–H and O–H groups in total. The molecule has 0 bridgehead atoms. The lowest BCUT2D eigenvalue weighted by Gasteiger charge is -2.06. The average molecular weight is 347 g/mol. The molecule has 0 saturated carbocycles. The van der Waals surface area contributed by atoms with Crippen LogP contribution in [-0.2, 0) is 14.6 Å². The van der Waals surface area contributed by atoms with Crippen molar-refractivity contribution in [2.45, 2.75) is 17.6 Å². The van der Waals surface area contributed by atoms with E-state index < -0.39 is 8.87 Å². The smallest absolute Gasteiger partial charge is 0.212 e. The van der Waals surface area contributed by atoms with Gasteiger partial charge in [-0.3, -0.25) is 0 Å². The number of hydrogen-bond donors (Lipinski definition) is 0. The molecule has 0 fully saturated rings. The highest BCUT2D eigenvalue weighted by molar-refractivity contribution is 8.71. The van der Waals surface area contributed by atoms with Gasteiger partial charge in [-0.1, -0.05) is 47.0 Å². The number of hydrogen-bond acceptors (Lipinski definition) is 3. The minimum Gasteiger partial charge on any atom is -0.212 e. The van der Waals surface area contributed by atoms with Gasteiger partial charge in [0, 0.05) is 15.8 Å². The molecule has 0 heterocycles. The first-order valence-corrected chi connectivity index (χ1v) is 9.53. The van der Waals surface area contributed by atoms with Crippen LogP contribution >= 0.6 is 34.0 Å². The van der Waals surface area contributed by atoms with Gasteiger partial charge >= 0.3 is 0 Å². The molecule has 0 saturated heterocycles. The summed E-state index contributed by atoms with van der Waals surface area (Å²) >= 11 is 11.8. The highest BCUT2D eigenvalue weighted by Gasteiger charge is 2.16. The number of aryl methyl sites for hydroxylation is 1. The fourth-order valence-electron chi connectivity index (χ4n) is 1.55. The molecular weight excluding hydrogens is 335 g/mol. The van der Waals surface area contributed by atoms with Crippen molar-refractivity contribution >= 4 is 42.9 Å². The molecule has 2 aromatic rings. The number of benzene rings is 2. The standard InChI is InChI=1S/C14H12Cl2O2S2/c1-10-2-6-13(7-3-10)20(17,18)19-9-11-4-5-12(15)8-14(11)16/h2-8H,9H2,1H3. The van der Waals surface area contributed by atoms with E-state index in [9.17, 15) is 8.42 Å². The summed E-state index contributed by atoms with van der Waals surface area (Å²) < 4.78 is 24.4. The molecule has 20 heavy (non-hydrogen) atoms. The zero-order valence-electron chi connectivity index (χ0n) is 10.6. The Morgan fingerprint density at radius 3 is 2.30 bits per heavy atom. The normalized spacial score (nSPS) is 11.6. The van der Waals surface area contributed by atoms with Crippen LogP contribution in [0.3, 0.4) is 0 Å². The second-order valence-electron chi connectivity index (χ2n) is 4.27. The second-order valence-corrected chi connectivity index (χ2v) is 9.04. The predicted molar refractivity (Wildman–Crippen MR) is 86.1 cm³/mol. The largest absolute Gasteiger partial charge is 0.230 e. The van der Waals surface area contributed by atoms with Crippen molar-refractivity contribution in [3.63, 3.8) is 0 Å². The summed E-state index contributed by atoms with van der Waals surface area (Å²) in [6.45, 7) is 1.91. The van der Waals surface area contributed by atoms with Crippen molar-refractivity contribution in [3.05, 3.63) is 63.6 Å². The Kier molecular flexibility index (Phi) is 5.02. The predicted octanol–water partition coefficient (Wildman–Crippen LogP) is 4.92. The molecule has 2 aromatic carbocycles. The van der Waals surface area contributed by atoms with Crippen molar-refractivity contribution in [2.24, 2.45) is 0 Å². The van der Waals surface area contributed by atoms with Gasteiger partial charge in [-0.2, -0.15) is 0 Å². The van der Waals surface area contributed by atoms with Gasteiger partial charge in [0.2, 0.25) is 8.87 Å². The van der Waals surface area contributed by atoms with E-state index in [1.807, 2.05) is 6.92 Å². The third-order valence-corrected chi connectivity index (χ3v) is 6.73. The molecule has 2 nitrogen and oxygen atoms in total. The maximum Gasteiger partial charge on any atom is 0.230 e. The van der Waals surface area contributed by atoms with E-state index in [0.29, 0.717) is 14.9 Å². The lowest BCUT2D eigenvalue weighted by Crippen LogP contribution is -1.96. The SMILES string of the molecule is Cc1ccc(S(=O)(=O)SCc2ccc(Cl)cc2Cl)cc1. The lowest BCUT2D eigenvalue weighted by atomic mass is 10.2. The zero-order valence-corrected chi connectivity index (χ0v) is 13.8. The third kappa shape index (κ3) is 3.92. The van der Waals surface area contributed by atoms with Gasteiger partial charge in [0.25, 0.3) is 0 Å². The molecule has 0 atom stereocenters. The monoisotopic (exact) mass is 346 g/mol. The molecule has 0 radical (unpaired) electrons. The van der Waals surface area contributed by atoms with E-state index in [4.69, 9.17) is 23.2 Å². The van der Waals surface area contributed by atoms with Crippen LogP contribution < -0.4 is 0 Å². The average Bonchev–Trinajstić information content (AvgIpc) is 2.38. The van der Waals surface area contributed by atoms with Gasteiger partial charge in [-0.15, -0.1) is 0 Å². The molecule has 0 aromatic heterocycles. The first-order valence-electron chi connectivity index (χ1n) is 5.78. The fourth-order valence-corrected chi connectivity index (χ4v) is 4.83. The van der Waals surface area contributed by atoms with E-state index >= 15 is 0 Å². The van der Waals surface area contributed by atoms with Gasteiger partial charge in [0.05, 0.1) is 4.90 Å². The summed E-state index contributed by atoms with van der Waals surface area (Å²) in [5.41, 5.74) is 1.77. The first-order chi connectivity index (χ1) is 9.38. The van der Waals surface area contributed by atoms with Gasteiger partial charge in [0.15, 0.2) is 0 Å². The molecule has 0 aliphatic heterocycles. The van der Waals surface area contributed by atoms with E-state index in [2.05, 4.69) is 0 Å². The first kappa shape index (κ1) is 15.7. The van der Waals surface area contributed by atoms with Crippen LogP contribution in [0.1, 0.15) is 11.1 Å². The van der Waals surface area contributed by atoms with Gasteiger partial charge in [-0.05, 0) is 47.5 Å². The Hall–Kier alpha value is -0.680. The maximum atomic E-state index is 12.2. The van der Waals surface area contributed by atoms with E-state index in [1.165, 1.54) is 0 Å². The zero-order chi connectivity index (χ0) is 14.8. The molecule has 0 aliphatic carbocycles. The van der Waals surface area contributed by atoms with Crippen LogP contribution in [0.2, 0.25) is 10.0 Å². The van der Waals surface area contributed by atoms with Gasteiger partial charge in [0.1, 0.15) is 0 Å². The molecule has 106 valence electrons. The van der Waals surface area contributed by atoms with Crippen LogP contribution in [-0.4, -0.2) is 8.42 Å². The topological polar surface area (TPSA) is 34.1 Å². The van der Waals surface area contributed by atoms with E-state index in [-0.39, 0.29) is 5.75 Å². The number of halogens is 2. The Morgan fingerprint density at radius 1 is 1.05 bits per heavy atom. The molecule has 2 rings (SSSR count). The molecule has 0 aliphatic rings. The lowest BCUT2D eigenvalue weighted by molar-refractivity contribution is 0.610. The molecular formula is C14H12Cl2O2S2. The Bertz CT molecular complexity index is 710. The Balaban J connectivity index is 2.15. The highest BCUT2D eigenvalue weighted by Crippen LogP contribution is 2.30. The third-order valence-electron chi connectivity index (χ3n) is 2.69. The van der Waals surface area contributed by atoms with Crippen LogP contribution in [0.15, 0.2) is 47.4 Å². The molecule has 0 unspecified atom stereocenters. The quantitative estimate of drug-likeness (QED) is 0.736. The van der Waals surface area contributed by atoms with Crippen molar-refractivity contribution in [1.82, 2.24) is 0 Å². The minimum absolute atomic E-state index is 0.284. The van der Waals surface area contributed by atoms with Crippen LogP contribution in [0.5, 0.6) is 0 Å². The van der Waals surface area contributed by atoms with E-state index in [1.54, 1.807) is 42.5 Å². The summed E-state index contributed by atoms with van der Waals surface area (Å²) in [4.78, 5) is 0.304. The Labute approximate surface area is 132 Å². The summed E-state index contributed by atoms with van der Waals surface area (Å²) in [6, 6.07) is 11.8. The van der Waals surface area contributed by atoms with Crippen LogP contribution in [0.4, 0.5) is 0 Å². The van der Waals surface area contributed by atoms with Crippen molar-refractivity contribution < 1.29 is 8.42 Å². The fraction of sp³-hybridized carbons (Fsp3) is 0.143. The second kappa shape index (κ2) is 6.39. The summed E-state index contributed by atoms with van der Waals surface area (Å²) in [6.07, 6.45) is 0. The molecule has 0 spiro atoms. The van der Waals surface area contributed by atoms with Gasteiger partial charge in [-0.25, -0.2) is 8.42 Å². The summed E-state index contributed by atoms with van der Waals surface area (Å²) in [5.74, 6) is 0.284. The Morgan fingerprint density at radius 2 is 1.70 bits per heavy atom. The maximum absolute atomic E-state index is 12.2. The van der Waals surface area contributed by atoms with Crippen LogP contribution in [0.25, 0.3) is 0 Å². The number of rotatable bonds is 4. The van der Waals surface area contributed by atoms with Crippen molar-refractivity contribution in [1.29, 1.82) is 0 Å². The van der Waals surface area contributed by atoms with Gasteiger partial charge < -0.3 is 0 Å². The van der Waals surface area contributed by atoms with Crippen molar-refractivity contribution in [2.75, 3.05) is 0 Å². The molecule has 6 heteroatoms. The molecule has 0 amide bonds. The van der Waals surface area contributed by atoms with E-state index in [0.717, 1.165) is 21.9 Å². The summed E-state index contributed by atoms with van der Waals surface area (Å²) in [5, 5.41) is 1.01. The summed E-state index contributed by atoms with van der Waals surface area (Å²) in [7, 11) is -2.52. The van der Waals surface area contributed by atoms with Crippen molar-refractivity contribution in [3.8, 4) is 0 Å². The minimum atomic E-state index is -3.38. The highest BCUT2D eigenvalue weighted by atomic mass is 35.5. The van der Waals surface area contributed by atoms with Crippen LogP contribution in [0, 0.1) is 6.92 Å².